The van der Waals surface area contributed by atoms with Crippen molar-refractivity contribution in [2.24, 2.45) is 12.1 Å². The summed E-state index contributed by atoms with van der Waals surface area (Å²) in [6, 6.07) is 9.77. The van der Waals surface area contributed by atoms with E-state index in [-0.39, 0.29) is 4.90 Å². The fraction of sp³-hybridized carbons (Fsp3) is 0.250. The maximum Gasteiger partial charge on any atom is 0.276 e. The van der Waals surface area contributed by atoms with Gasteiger partial charge in [-0.25, -0.2) is 4.83 Å². The van der Waals surface area contributed by atoms with E-state index in [0.29, 0.717) is 23.6 Å². The van der Waals surface area contributed by atoms with Crippen LogP contribution in [0.1, 0.15) is 23.9 Å². The molecule has 0 saturated heterocycles. The number of nitrogens with one attached hydrogen (secondary N) is 1. The highest BCUT2D eigenvalue weighted by atomic mass is 32.2. The number of nitriles is 1. The molecular weight excluding hydrogens is 328 g/mol. The van der Waals surface area contributed by atoms with E-state index in [1.807, 2.05) is 13.8 Å². The van der Waals surface area contributed by atoms with Gasteiger partial charge in [-0.1, -0.05) is 0 Å². The van der Waals surface area contributed by atoms with Crippen LogP contribution in [0.3, 0.4) is 0 Å². The van der Waals surface area contributed by atoms with Crippen LogP contribution in [0.2, 0.25) is 0 Å². The van der Waals surface area contributed by atoms with Crippen molar-refractivity contribution >= 4 is 16.2 Å². The van der Waals surface area contributed by atoms with Crippen molar-refractivity contribution in [3.05, 3.63) is 47.3 Å². The Kier molecular flexibility index (Phi) is 5.26. The number of hydrogen-bond donors (Lipinski definition) is 1. The van der Waals surface area contributed by atoms with Crippen LogP contribution in [0.15, 0.2) is 40.3 Å². The lowest BCUT2D eigenvalue weighted by Gasteiger charge is -2.05. The summed E-state index contributed by atoms with van der Waals surface area (Å²) in [6.45, 7) is 4.18. The molecule has 0 spiro atoms. The van der Waals surface area contributed by atoms with Gasteiger partial charge in [0, 0.05) is 18.3 Å². The maximum atomic E-state index is 12.2. The lowest BCUT2D eigenvalue weighted by molar-refractivity contribution is 0.340. The summed E-state index contributed by atoms with van der Waals surface area (Å²) in [5.41, 5.74) is 1.96. The second-order valence-electron chi connectivity index (χ2n) is 5.00. The Morgan fingerprint density at radius 1 is 1.38 bits per heavy atom. The number of nitrogens with zero attached hydrogens (tertiary/aromatic N) is 3. The molecule has 0 unspecified atom stereocenters. The molecule has 1 heterocycles. The highest BCUT2D eigenvalue weighted by Gasteiger charge is 2.13. The molecule has 0 fully saturated rings. The third-order valence-electron chi connectivity index (χ3n) is 3.51. The lowest BCUT2D eigenvalue weighted by atomic mass is 10.3. The average Bonchev–Trinajstić information content (AvgIpc) is 2.83. The van der Waals surface area contributed by atoms with Crippen LogP contribution in [0.5, 0.6) is 5.75 Å². The molecule has 1 N–H and O–H groups in total. The molecule has 24 heavy (non-hydrogen) atoms. The Balaban J connectivity index is 2.14. The first kappa shape index (κ1) is 17.6. The summed E-state index contributed by atoms with van der Waals surface area (Å²) in [7, 11) is -2.00. The SMILES string of the molecule is CCOc1ccc(S(=O)(=O)N/N=C\c2cc(C#N)n(C)c2C)cc1. The molecule has 0 saturated carbocycles. The molecular formula is C16H18N4O3S. The minimum atomic E-state index is -3.76. The van der Waals surface area contributed by atoms with Crippen molar-refractivity contribution in [2.75, 3.05) is 6.61 Å². The average molecular weight is 346 g/mol. The Hall–Kier alpha value is -2.79. The molecule has 0 atom stereocenters. The highest BCUT2D eigenvalue weighted by molar-refractivity contribution is 7.89. The van der Waals surface area contributed by atoms with Crippen molar-refractivity contribution in [3.8, 4) is 11.8 Å². The van der Waals surface area contributed by atoms with E-state index in [9.17, 15) is 8.42 Å². The number of rotatable bonds is 6. The van der Waals surface area contributed by atoms with Gasteiger partial charge in [-0.3, -0.25) is 0 Å². The molecule has 2 aromatic rings. The van der Waals surface area contributed by atoms with Crippen molar-refractivity contribution in [1.29, 1.82) is 5.26 Å². The summed E-state index contributed by atoms with van der Waals surface area (Å²) >= 11 is 0. The van der Waals surface area contributed by atoms with Gasteiger partial charge in [0.1, 0.15) is 17.5 Å². The number of hydrogen-bond acceptors (Lipinski definition) is 5. The second-order valence-corrected chi connectivity index (χ2v) is 6.66. The molecule has 1 aromatic carbocycles. The second kappa shape index (κ2) is 7.19. The van der Waals surface area contributed by atoms with E-state index in [0.717, 1.165) is 5.69 Å². The van der Waals surface area contributed by atoms with E-state index < -0.39 is 10.0 Å². The molecule has 0 aliphatic carbocycles. The molecule has 126 valence electrons. The number of aromatic nitrogens is 1. The van der Waals surface area contributed by atoms with Crippen molar-refractivity contribution in [1.82, 2.24) is 9.40 Å². The van der Waals surface area contributed by atoms with Crippen LogP contribution in [-0.4, -0.2) is 25.8 Å². The van der Waals surface area contributed by atoms with Crippen molar-refractivity contribution < 1.29 is 13.2 Å². The van der Waals surface area contributed by atoms with Gasteiger partial charge >= 0.3 is 0 Å². The minimum absolute atomic E-state index is 0.0885. The predicted molar refractivity (Wildman–Crippen MR) is 90.4 cm³/mol. The Bertz CT molecular complexity index is 891. The van der Waals surface area contributed by atoms with E-state index >= 15 is 0 Å². The predicted octanol–water partition coefficient (Wildman–Crippen LogP) is 1.92. The number of ether oxygens (including phenoxy) is 1. The first-order chi connectivity index (χ1) is 11.4. The Morgan fingerprint density at radius 2 is 2.04 bits per heavy atom. The van der Waals surface area contributed by atoms with E-state index in [4.69, 9.17) is 10.00 Å². The van der Waals surface area contributed by atoms with Crippen LogP contribution in [0, 0.1) is 18.3 Å². The first-order valence-electron chi connectivity index (χ1n) is 7.23. The van der Waals surface area contributed by atoms with Crippen LogP contribution in [0.4, 0.5) is 0 Å². The fourth-order valence-electron chi connectivity index (χ4n) is 2.06. The van der Waals surface area contributed by atoms with E-state index in [1.54, 1.807) is 29.8 Å². The molecule has 7 nitrogen and oxygen atoms in total. The van der Waals surface area contributed by atoms with Gasteiger partial charge in [0.15, 0.2) is 0 Å². The molecule has 8 heteroatoms. The summed E-state index contributed by atoms with van der Waals surface area (Å²) in [4.78, 5) is 2.25. The van der Waals surface area contributed by atoms with Gasteiger partial charge in [-0.05, 0) is 44.2 Å². The summed E-state index contributed by atoms with van der Waals surface area (Å²) in [5, 5.41) is 12.8. The van der Waals surface area contributed by atoms with Crippen molar-refractivity contribution in [3.63, 3.8) is 0 Å². The molecule has 0 aliphatic heterocycles. The van der Waals surface area contributed by atoms with Crippen LogP contribution >= 0.6 is 0 Å². The Labute approximate surface area is 141 Å². The minimum Gasteiger partial charge on any atom is -0.494 e. The monoisotopic (exact) mass is 346 g/mol. The van der Waals surface area contributed by atoms with Crippen LogP contribution < -0.4 is 9.57 Å². The summed E-state index contributed by atoms with van der Waals surface area (Å²) < 4.78 is 31.4. The van der Waals surface area contributed by atoms with Gasteiger partial charge < -0.3 is 9.30 Å². The third kappa shape index (κ3) is 3.75. The van der Waals surface area contributed by atoms with Gasteiger partial charge in [0.25, 0.3) is 10.0 Å². The standard InChI is InChI=1S/C16H18N4O3S/c1-4-23-15-5-7-16(8-6-15)24(21,22)19-18-11-13-9-14(10-17)20(3)12(13)2/h5-9,11,19H,4H2,1-3H3/b18-11-. The van der Waals surface area contributed by atoms with Gasteiger partial charge in [-0.2, -0.15) is 18.8 Å². The zero-order valence-electron chi connectivity index (χ0n) is 13.6. The number of benzene rings is 1. The normalized spacial score (nSPS) is 11.4. The number of hydrazone groups is 1. The quantitative estimate of drug-likeness (QED) is 0.638. The number of sulfonamides is 1. The zero-order chi connectivity index (χ0) is 17.7. The fourth-order valence-corrected chi connectivity index (χ4v) is 2.85. The summed E-state index contributed by atoms with van der Waals surface area (Å²) in [5.74, 6) is 0.601. The highest BCUT2D eigenvalue weighted by Crippen LogP contribution is 2.16. The molecule has 0 aliphatic rings. The van der Waals surface area contributed by atoms with Gasteiger partial charge in [0.2, 0.25) is 0 Å². The summed E-state index contributed by atoms with van der Waals surface area (Å²) in [6.07, 6.45) is 1.38. The van der Waals surface area contributed by atoms with Gasteiger partial charge in [0.05, 0.1) is 17.7 Å². The van der Waals surface area contributed by atoms with E-state index in [2.05, 4.69) is 16.0 Å². The van der Waals surface area contributed by atoms with Crippen molar-refractivity contribution in [2.45, 2.75) is 18.7 Å². The zero-order valence-corrected chi connectivity index (χ0v) is 14.5. The van der Waals surface area contributed by atoms with Crippen LogP contribution in [-0.2, 0) is 17.1 Å². The first-order valence-corrected chi connectivity index (χ1v) is 8.71. The Morgan fingerprint density at radius 3 is 2.58 bits per heavy atom. The molecule has 1 aromatic heterocycles. The van der Waals surface area contributed by atoms with E-state index in [1.165, 1.54) is 18.3 Å². The lowest BCUT2D eigenvalue weighted by Crippen LogP contribution is -2.18. The third-order valence-corrected chi connectivity index (χ3v) is 4.75. The topological polar surface area (TPSA) is 96.5 Å². The molecule has 0 radical (unpaired) electrons. The molecule has 0 bridgehead atoms. The van der Waals surface area contributed by atoms with Crippen LogP contribution in [0.25, 0.3) is 0 Å². The smallest absolute Gasteiger partial charge is 0.276 e. The maximum absolute atomic E-state index is 12.2. The molecule has 2 rings (SSSR count). The molecule has 0 amide bonds. The largest absolute Gasteiger partial charge is 0.494 e. The van der Waals surface area contributed by atoms with Gasteiger partial charge in [-0.15, -0.1) is 0 Å².